The second kappa shape index (κ2) is 9.97. The lowest BCUT2D eigenvalue weighted by Gasteiger charge is -2.11. The smallest absolute Gasteiger partial charge is 0.121 e. The van der Waals surface area contributed by atoms with Crippen molar-refractivity contribution in [3.8, 4) is 5.75 Å². The average molecular weight is 400 g/mol. The number of para-hydroxylation sites is 2. The second-order valence-electron chi connectivity index (χ2n) is 7.46. The Hall–Kier alpha value is -3.27. The second-order valence-corrected chi connectivity index (χ2v) is 7.46. The lowest BCUT2D eigenvalue weighted by molar-refractivity contribution is 0.306. The van der Waals surface area contributed by atoms with Crippen LogP contribution in [-0.4, -0.2) is 16.1 Å². The standard InChI is InChI=1S/C26H29N3O/c1-2-26-28-24-15-6-7-16-25(24)29(26)18-9-8-17-27-22-13-10-14-23(19-22)30-20-21-11-4-3-5-12-21/h3-7,10-16,19,27H,2,8-9,17-18,20H2,1H3. The molecule has 0 spiro atoms. The van der Waals surface area contributed by atoms with Gasteiger partial charge in [-0.2, -0.15) is 0 Å². The van der Waals surface area contributed by atoms with Crippen LogP contribution in [0, 0.1) is 0 Å². The van der Waals surface area contributed by atoms with Crippen LogP contribution in [0.3, 0.4) is 0 Å². The molecule has 1 N–H and O–H groups in total. The fourth-order valence-electron chi connectivity index (χ4n) is 3.71. The van der Waals surface area contributed by atoms with Gasteiger partial charge in [0.1, 0.15) is 18.2 Å². The van der Waals surface area contributed by atoms with Gasteiger partial charge in [0.15, 0.2) is 0 Å². The molecule has 154 valence electrons. The number of rotatable bonds is 10. The molecule has 4 rings (SSSR count). The first kappa shape index (κ1) is 20.0. The number of benzene rings is 3. The van der Waals surface area contributed by atoms with E-state index in [-0.39, 0.29) is 0 Å². The van der Waals surface area contributed by atoms with Crippen molar-refractivity contribution in [2.45, 2.75) is 39.3 Å². The Morgan fingerprint density at radius 3 is 2.60 bits per heavy atom. The van der Waals surface area contributed by atoms with E-state index in [1.54, 1.807) is 0 Å². The minimum Gasteiger partial charge on any atom is -0.489 e. The van der Waals surface area contributed by atoms with Crippen molar-refractivity contribution in [1.29, 1.82) is 0 Å². The summed E-state index contributed by atoms with van der Waals surface area (Å²) < 4.78 is 8.29. The van der Waals surface area contributed by atoms with E-state index < -0.39 is 0 Å². The fourth-order valence-corrected chi connectivity index (χ4v) is 3.71. The molecule has 4 aromatic rings. The van der Waals surface area contributed by atoms with Crippen LogP contribution in [0.1, 0.15) is 31.2 Å². The van der Waals surface area contributed by atoms with Crippen molar-refractivity contribution in [1.82, 2.24) is 9.55 Å². The molecule has 3 aromatic carbocycles. The van der Waals surface area contributed by atoms with E-state index in [4.69, 9.17) is 9.72 Å². The predicted molar refractivity (Wildman–Crippen MR) is 124 cm³/mol. The zero-order valence-corrected chi connectivity index (χ0v) is 17.6. The molecule has 0 bridgehead atoms. The van der Waals surface area contributed by atoms with Gasteiger partial charge < -0.3 is 14.6 Å². The van der Waals surface area contributed by atoms with Crippen LogP contribution in [0.4, 0.5) is 5.69 Å². The van der Waals surface area contributed by atoms with Crippen LogP contribution >= 0.6 is 0 Å². The summed E-state index contributed by atoms with van der Waals surface area (Å²) >= 11 is 0. The highest BCUT2D eigenvalue weighted by molar-refractivity contribution is 5.75. The van der Waals surface area contributed by atoms with E-state index in [1.165, 1.54) is 16.9 Å². The summed E-state index contributed by atoms with van der Waals surface area (Å²) in [5.41, 5.74) is 4.61. The lowest BCUT2D eigenvalue weighted by atomic mass is 10.2. The zero-order chi connectivity index (χ0) is 20.6. The molecule has 0 amide bonds. The molecule has 30 heavy (non-hydrogen) atoms. The Balaban J connectivity index is 1.25. The number of ether oxygens (including phenoxy) is 1. The summed E-state index contributed by atoms with van der Waals surface area (Å²) in [6.07, 6.45) is 3.18. The maximum atomic E-state index is 5.93. The highest BCUT2D eigenvalue weighted by atomic mass is 16.5. The third kappa shape index (κ3) is 5.01. The quantitative estimate of drug-likeness (QED) is 0.329. The average Bonchev–Trinajstić information content (AvgIpc) is 3.16. The largest absolute Gasteiger partial charge is 0.489 e. The number of imidazole rings is 1. The summed E-state index contributed by atoms with van der Waals surface area (Å²) in [7, 11) is 0. The van der Waals surface area contributed by atoms with Crippen molar-refractivity contribution in [3.63, 3.8) is 0 Å². The van der Waals surface area contributed by atoms with Crippen molar-refractivity contribution >= 4 is 16.7 Å². The number of fused-ring (bicyclic) bond motifs is 1. The first-order valence-corrected chi connectivity index (χ1v) is 10.8. The van der Waals surface area contributed by atoms with Crippen LogP contribution in [0.2, 0.25) is 0 Å². The highest BCUT2D eigenvalue weighted by Crippen LogP contribution is 2.20. The van der Waals surface area contributed by atoms with E-state index in [2.05, 4.69) is 65.3 Å². The number of hydrogen-bond donors (Lipinski definition) is 1. The number of anilines is 1. The van der Waals surface area contributed by atoms with E-state index in [0.29, 0.717) is 6.61 Å². The number of aryl methyl sites for hydroxylation is 2. The Labute approximate surface area is 178 Å². The maximum absolute atomic E-state index is 5.93. The SMILES string of the molecule is CCc1nc2ccccc2n1CCCCNc1cccc(OCc2ccccc2)c1. The topological polar surface area (TPSA) is 39.1 Å². The number of nitrogens with zero attached hydrogens (tertiary/aromatic N) is 2. The molecule has 0 aliphatic heterocycles. The number of aromatic nitrogens is 2. The molecular formula is C26H29N3O. The van der Waals surface area contributed by atoms with Gasteiger partial charge in [-0.3, -0.25) is 0 Å². The van der Waals surface area contributed by atoms with Gasteiger partial charge >= 0.3 is 0 Å². The molecule has 0 fully saturated rings. The van der Waals surface area contributed by atoms with Crippen molar-refractivity contribution in [2.75, 3.05) is 11.9 Å². The van der Waals surface area contributed by atoms with Gasteiger partial charge in [-0.15, -0.1) is 0 Å². The van der Waals surface area contributed by atoms with Crippen molar-refractivity contribution < 1.29 is 4.74 Å². The van der Waals surface area contributed by atoms with Crippen molar-refractivity contribution in [3.05, 3.63) is 90.3 Å². The van der Waals surface area contributed by atoms with Gasteiger partial charge in [-0.05, 0) is 42.7 Å². The monoisotopic (exact) mass is 399 g/mol. The van der Waals surface area contributed by atoms with Crippen molar-refractivity contribution in [2.24, 2.45) is 0 Å². The molecule has 0 radical (unpaired) electrons. The lowest BCUT2D eigenvalue weighted by Crippen LogP contribution is -2.07. The molecule has 0 saturated heterocycles. The summed E-state index contributed by atoms with van der Waals surface area (Å²) in [6.45, 7) is 4.71. The molecule has 0 atom stereocenters. The van der Waals surface area contributed by atoms with E-state index >= 15 is 0 Å². The first-order valence-electron chi connectivity index (χ1n) is 10.8. The number of hydrogen-bond acceptors (Lipinski definition) is 3. The van der Waals surface area contributed by atoms with Crippen LogP contribution < -0.4 is 10.1 Å². The molecule has 0 unspecified atom stereocenters. The van der Waals surface area contributed by atoms with Gasteiger partial charge in [0, 0.05) is 31.3 Å². The Morgan fingerprint density at radius 2 is 1.73 bits per heavy atom. The van der Waals surface area contributed by atoms with E-state index in [0.717, 1.165) is 49.3 Å². The summed E-state index contributed by atoms with van der Waals surface area (Å²) in [6, 6.07) is 26.9. The third-order valence-corrected chi connectivity index (χ3v) is 5.27. The van der Waals surface area contributed by atoms with Gasteiger partial charge in [0.05, 0.1) is 11.0 Å². The minimum absolute atomic E-state index is 0.586. The van der Waals surface area contributed by atoms with Crippen LogP contribution in [0.5, 0.6) is 5.75 Å². The molecule has 0 aliphatic carbocycles. The molecule has 0 saturated carbocycles. The third-order valence-electron chi connectivity index (χ3n) is 5.27. The zero-order valence-electron chi connectivity index (χ0n) is 17.6. The summed E-state index contributed by atoms with van der Waals surface area (Å²) in [5, 5.41) is 3.52. The van der Waals surface area contributed by atoms with E-state index in [1.807, 2.05) is 30.3 Å². The van der Waals surface area contributed by atoms with Crippen LogP contribution in [0.25, 0.3) is 11.0 Å². The van der Waals surface area contributed by atoms with Gasteiger partial charge in [0.2, 0.25) is 0 Å². The van der Waals surface area contributed by atoms with E-state index in [9.17, 15) is 0 Å². The first-order chi connectivity index (χ1) is 14.8. The number of unbranched alkanes of at least 4 members (excludes halogenated alkanes) is 1. The maximum Gasteiger partial charge on any atom is 0.121 e. The Bertz CT molecular complexity index is 1070. The van der Waals surface area contributed by atoms with Crippen LogP contribution in [-0.2, 0) is 19.6 Å². The molecular weight excluding hydrogens is 370 g/mol. The van der Waals surface area contributed by atoms with Gasteiger partial charge in [-0.25, -0.2) is 4.98 Å². The van der Waals surface area contributed by atoms with Crippen LogP contribution in [0.15, 0.2) is 78.9 Å². The van der Waals surface area contributed by atoms with Gasteiger partial charge in [0.25, 0.3) is 0 Å². The molecule has 0 aliphatic rings. The molecule has 1 aromatic heterocycles. The Kier molecular flexibility index (Phi) is 6.65. The minimum atomic E-state index is 0.586. The number of nitrogens with one attached hydrogen (secondary N) is 1. The molecule has 1 heterocycles. The summed E-state index contributed by atoms with van der Waals surface area (Å²) in [4.78, 5) is 4.76. The Morgan fingerprint density at radius 1 is 0.900 bits per heavy atom. The summed E-state index contributed by atoms with van der Waals surface area (Å²) in [5.74, 6) is 2.06. The highest BCUT2D eigenvalue weighted by Gasteiger charge is 2.08. The normalized spacial score (nSPS) is 11.0. The predicted octanol–water partition coefficient (Wildman–Crippen LogP) is 6.07. The van der Waals surface area contributed by atoms with Gasteiger partial charge in [-0.1, -0.05) is 55.5 Å². The fraction of sp³-hybridized carbons (Fsp3) is 0.269. The molecule has 4 heteroatoms. The molecule has 4 nitrogen and oxygen atoms in total.